The molecule has 2 fully saturated rings. The van der Waals surface area contributed by atoms with E-state index in [4.69, 9.17) is 0 Å². The standard InChI is InChI=1S/C22H31N5O/c28-22-16-21(20-4-8-23-9-5-20)24-18-27(22)17-19-6-12-26(13-7-19)15-14-25-10-2-1-3-11-25/h4-5,8-9,16,18-19H,1-3,6-7,10-15,17H2. The van der Waals surface area contributed by atoms with Crippen LogP contribution in [0.25, 0.3) is 11.3 Å². The molecule has 0 saturated carbocycles. The zero-order chi connectivity index (χ0) is 19.2. The molecule has 0 amide bonds. The zero-order valence-electron chi connectivity index (χ0n) is 16.7. The molecule has 6 nitrogen and oxygen atoms in total. The molecule has 2 aliphatic heterocycles. The highest BCUT2D eigenvalue weighted by molar-refractivity contribution is 5.57. The van der Waals surface area contributed by atoms with Gasteiger partial charge in [-0.1, -0.05) is 6.42 Å². The summed E-state index contributed by atoms with van der Waals surface area (Å²) in [7, 11) is 0. The molecule has 0 aliphatic carbocycles. The number of rotatable bonds is 6. The number of hydrogen-bond donors (Lipinski definition) is 0. The van der Waals surface area contributed by atoms with Gasteiger partial charge in [0, 0.05) is 43.7 Å². The van der Waals surface area contributed by atoms with Gasteiger partial charge in [-0.3, -0.25) is 14.3 Å². The Balaban J connectivity index is 1.26. The van der Waals surface area contributed by atoms with Crippen LogP contribution >= 0.6 is 0 Å². The number of pyridine rings is 1. The van der Waals surface area contributed by atoms with Gasteiger partial charge in [0.25, 0.3) is 5.56 Å². The molecule has 0 spiro atoms. The minimum atomic E-state index is 0.0364. The molecule has 4 heterocycles. The quantitative estimate of drug-likeness (QED) is 0.770. The van der Waals surface area contributed by atoms with Crippen LogP contribution in [0.5, 0.6) is 0 Å². The summed E-state index contributed by atoms with van der Waals surface area (Å²) in [5, 5.41) is 0. The molecule has 28 heavy (non-hydrogen) atoms. The van der Waals surface area contributed by atoms with Crippen molar-refractivity contribution in [3.05, 3.63) is 47.3 Å². The third-order valence-corrected chi connectivity index (χ3v) is 6.20. The Morgan fingerprint density at radius 1 is 0.929 bits per heavy atom. The Morgan fingerprint density at radius 2 is 1.61 bits per heavy atom. The molecule has 0 radical (unpaired) electrons. The van der Waals surface area contributed by atoms with Crippen molar-refractivity contribution in [3.8, 4) is 11.3 Å². The van der Waals surface area contributed by atoms with E-state index < -0.39 is 0 Å². The van der Waals surface area contributed by atoms with Crippen LogP contribution in [-0.4, -0.2) is 63.6 Å². The highest BCUT2D eigenvalue weighted by Gasteiger charge is 2.21. The number of hydrogen-bond acceptors (Lipinski definition) is 5. The summed E-state index contributed by atoms with van der Waals surface area (Å²) < 4.78 is 1.78. The van der Waals surface area contributed by atoms with E-state index in [-0.39, 0.29) is 5.56 Å². The smallest absolute Gasteiger partial charge is 0.253 e. The maximum Gasteiger partial charge on any atom is 0.253 e. The average molecular weight is 382 g/mol. The van der Waals surface area contributed by atoms with Crippen molar-refractivity contribution in [3.63, 3.8) is 0 Å². The van der Waals surface area contributed by atoms with Crippen LogP contribution in [0.15, 0.2) is 41.7 Å². The van der Waals surface area contributed by atoms with Crippen molar-refractivity contribution in [2.24, 2.45) is 5.92 Å². The fourth-order valence-corrected chi connectivity index (χ4v) is 4.38. The predicted octanol–water partition coefficient (Wildman–Crippen LogP) is 2.50. The van der Waals surface area contributed by atoms with Crippen molar-refractivity contribution < 1.29 is 0 Å². The Bertz CT molecular complexity index is 792. The van der Waals surface area contributed by atoms with Crippen LogP contribution in [-0.2, 0) is 6.54 Å². The van der Waals surface area contributed by atoms with E-state index in [9.17, 15) is 4.79 Å². The van der Waals surface area contributed by atoms with Crippen LogP contribution < -0.4 is 5.56 Å². The first-order valence-electron chi connectivity index (χ1n) is 10.7. The van der Waals surface area contributed by atoms with Crippen LogP contribution in [0.1, 0.15) is 32.1 Å². The second-order valence-electron chi connectivity index (χ2n) is 8.19. The summed E-state index contributed by atoms with van der Waals surface area (Å²) >= 11 is 0. The molecule has 6 heteroatoms. The first kappa shape index (κ1) is 19.3. The fraction of sp³-hybridized carbons (Fsp3) is 0.591. The predicted molar refractivity (Wildman–Crippen MR) is 111 cm³/mol. The lowest BCUT2D eigenvalue weighted by molar-refractivity contribution is 0.140. The molecular weight excluding hydrogens is 350 g/mol. The second kappa shape index (κ2) is 9.43. The van der Waals surface area contributed by atoms with Gasteiger partial charge in [0.1, 0.15) is 0 Å². The van der Waals surface area contributed by atoms with Crippen molar-refractivity contribution in [1.82, 2.24) is 24.3 Å². The number of likely N-dealkylation sites (tertiary alicyclic amines) is 2. The molecule has 4 rings (SSSR count). The van der Waals surface area contributed by atoms with Gasteiger partial charge in [-0.25, -0.2) is 4.98 Å². The van der Waals surface area contributed by atoms with E-state index in [0.717, 1.165) is 30.9 Å². The van der Waals surface area contributed by atoms with Gasteiger partial charge in [-0.2, -0.15) is 0 Å². The second-order valence-corrected chi connectivity index (χ2v) is 8.19. The minimum absolute atomic E-state index is 0.0364. The Labute approximate surface area is 167 Å². The molecule has 150 valence electrons. The highest BCUT2D eigenvalue weighted by atomic mass is 16.1. The Kier molecular flexibility index (Phi) is 6.49. The summed E-state index contributed by atoms with van der Waals surface area (Å²) in [6, 6.07) is 5.40. The molecule has 0 N–H and O–H groups in total. The molecule has 0 unspecified atom stereocenters. The van der Waals surface area contributed by atoms with Gasteiger partial charge < -0.3 is 9.80 Å². The van der Waals surface area contributed by atoms with Gasteiger partial charge in [-0.15, -0.1) is 0 Å². The molecule has 2 saturated heterocycles. The lowest BCUT2D eigenvalue weighted by Crippen LogP contribution is -2.42. The number of nitrogens with zero attached hydrogens (tertiary/aromatic N) is 5. The van der Waals surface area contributed by atoms with Crippen LogP contribution in [0.4, 0.5) is 0 Å². The monoisotopic (exact) mass is 381 g/mol. The van der Waals surface area contributed by atoms with Gasteiger partial charge in [0.05, 0.1) is 12.0 Å². The van der Waals surface area contributed by atoms with Crippen LogP contribution in [0.2, 0.25) is 0 Å². The largest absolute Gasteiger partial charge is 0.302 e. The molecule has 2 aromatic heterocycles. The summed E-state index contributed by atoms with van der Waals surface area (Å²) in [5.41, 5.74) is 1.69. The highest BCUT2D eigenvalue weighted by Crippen LogP contribution is 2.19. The number of aromatic nitrogens is 3. The third kappa shape index (κ3) is 5.06. The molecule has 0 atom stereocenters. The Morgan fingerprint density at radius 3 is 2.29 bits per heavy atom. The van der Waals surface area contributed by atoms with E-state index in [1.807, 2.05) is 12.1 Å². The molecule has 2 aromatic rings. The van der Waals surface area contributed by atoms with Crippen LogP contribution in [0, 0.1) is 5.92 Å². The lowest BCUT2D eigenvalue weighted by Gasteiger charge is -2.34. The summed E-state index contributed by atoms with van der Waals surface area (Å²) in [5.74, 6) is 0.567. The molecule has 2 aliphatic rings. The maximum absolute atomic E-state index is 12.5. The lowest BCUT2D eigenvalue weighted by atomic mass is 9.96. The Hall–Kier alpha value is -2.05. The first-order valence-corrected chi connectivity index (χ1v) is 10.7. The van der Waals surface area contributed by atoms with E-state index in [1.54, 1.807) is 29.4 Å². The van der Waals surface area contributed by atoms with Crippen molar-refractivity contribution in [2.45, 2.75) is 38.6 Å². The first-order chi connectivity index (χ1) is 13.8. The van der Waals surface area contributed by atoms with Crippen LogP contribution in [0.3, 0.4) is 0 Å². The molecular formula is C22H31N5O. The summed E-state index contributed by atoms with van der Waals surface area (Å²) in [4.78, 5) is 26.2. The molecule has 0 bridgehead atoms. The summed E-state index contributed by atoms with van der Waals surface area (Å²) in [6.45, 7) is 8.04. The number of piperidine rings is 2. The van der Waals surface area contributed by atoms with Gasteiger partial charge in [-0.05, 0) is 69.9 Å². The van der Waals surface area contributed by atoms with E-state index in [0.29, 0.717) is 5.92 Å². The van der Waals surface area contributed by atoms with E-state index >= 15 is 0 Å². The van der Waals surface area contributed by atoms with Gasteiger partial charge in [0.15, 0.2) is 0 Å². The topological polar surface area (TPSA) is 54.3 Å². The SMILES string of the molecule is O=c1cc(-c2ccncc2)ncn1CC1CCN(CCN2CCCCC2)CC1. The van der Waals surface area contributed by atoms with Crippen molar-refractivity contribution in [2.75, 3.05) is 39.3 Å². The summed E-state index contributed by atoms with van der Waals surface area (Å²) in [6.07, 6.45) is 11.6. The third-order valence-electron chi connectivity index (χ3n) is 6.20. The van der Waals surface area contributed by atoms with Gasteiger partial charge >= 0.3 is 0 Å². The zero-order valence-corrected chi connectivity index (χ0v) is 16.7. The molecule has 0 aromatic carbocycles. The average Bonchev–Trinajstić information content (AvgIpc) is 2.76. The normalized spacial score (nSPS) is 19.7. The fourth-order valence-electron chi connectivity index (χ4n) is 4.38. The van der Waals surface area contributed by atoms with Crippen molar-refractivity contribution in [1.29, 1.82) is 0 Å². The van der Waals surface area contributed by atoms with E-state index in [2.05, 4.69) is 19.8 Å². The minimum Gasteiger partial charge on any atom is -0.302 e. The maximum atomic E-state index is 12.5. The van der Waals surface area contributed by atoms with Crippen molar-refractivity contribution >= 4 is 0 Å². The van der Waals surface area contributed by atoms with E-state index in [1.165, 1.54) is 58.3 Å². The van der Waals surface area contributed by atoms with Gasteiger partial charge in [0.2, 0.25) is 0 Å².